The maximum atomic E-state index is 9.14. The second kappa shape index (κ2) is 5.76. The van der Waals surface area contributed by atoms with Crippen LogP contribution in [0.3, 0.4) is 0 Å². The molecule has 4 nitrogen and oxygen atoms in total. The van der Waals surface area contributed by atoms with Gasteiger partial charge in [-0.05, 0) is 20.2 Å². The Balaban J connectivity index is 3.33. The monoisotopic (exact) mass is 254 g/mol. The van der Waals surface area contributed by atoms with Crippen LogP contribution in [-0.2, 0) is 0 Å². The van der Waals surface area contributed by atoms with Crippen LogP contribution in [0, 0.1) is 11.3 Å². The van der Waals surface area contributed by atoms with E-state index in [-0.39, 0.29) is 0 Å². The van der Waals surface area contributed by atoms with Crippen molar-refractivity contribution in [2.45, 2.75) is 6.04 Å². The fourth-order valence-corrected chi connectivity index (χ4v) is 1.92. The summed E-state index contributed by atoms with van der Waals surface area (Å²) in [5.74, 6) is 1.01. The van der Waals surface area contributed by atoms with Gasteiger partial charge < -0.3 is 9.47 Å². The predicted octanol–water partition coefficient (Wildman–Crippen LogP) is 2.48. The van der Waals surface area contributed by atoms with Crippen molar-refractivity contribution in [1.82, 2.24) is 4.90 Å². The van der Waals surface area contributed by atoms with E-state index < -0.39 is 6.04 Å². The Labute approximate surface area is 106 Å². The van der Waals surface area contributed by atoms with Crippen molar-refractivity contribution in [3.63, 3.8) is 0 Å². The molecule has 0 amide bonds. The van der Waals surface area contributed by atoms with Gasteiger partial charge in [0.25, 0.3) is 0 Å². The fraction of sp³-hybridized carbons (Fsp3) is 0.417. The molecule has 0 saturated carbocycles. The van der Waals surface area contributed by atoms with Gasteiger partial charge in [-0.2, -0.15) is 5.26 Å². The maximum Gasteiger partial charge on any atom is 0.179 e. The molecule has 1 aromatic carbocycles. The molecule has 0 N–H and O–H groups in total. The van der Waals surface area contributed by atoms with Crippen LogP contribution in [0.2, 0.25) is 5.02 Å². The van der Waals surface area contributed by atoms with E-state index in [1.807, 2.05) is 14.1 Å². The molecule has 0 bridgehead atoms. The molecule has 17 heavy (non-hydrogen) atoms. The Morgan fingerprint density at radius 2 is 1.94 bits per heavy atom. The maximum absolute atomic E-state index is 9.14. The van der Waals surface area contributed by atoms with E-state index in [1.165, 1.54) is 7.11 Å². The van der Waals surface area contributed by atoms with Crippen LogP contribution < -0.4 is 9.47 Å². The summed E-state index contributed by atoms with van der Waals surface area (Å²) in [6, 6.07) is 5.30. The average Bonchev–Trinajstić information content (AvgIpc) is 2.31. The number of methoxy groups -OCH3 is 2. The number of hydrogen-bond acceptors (Lipinski definition) is 4. The number of ether oxygens (including phenoxy) is 2. The molecule has 1 atom stereocenters. The fourth-order valence-electron chi connectivity index (χ4n) is 1.58. The molecule has 92 valence electrons. The van der Waals surface area contributed by atoms with Crippen LogP contribution in [0.15, 0.2) is 12.1 Å². The molecular weight excluding hydrogens is 240 g/mol. The minimum Gasteiger partial charge on any atom is -0.493 e. The standard InChI is InChI=1S/C12H15ClN2O2/c1-15(2)9(7-14)8-5-6-10(16-3)12(17-4)11(8)13/h5-6,9H,1-4H3. The van der Waals surface area contributed by atoms with Gasteiger partial charge in [0.05, 0.1) is 25.3 Å². The highest BCUT2D eigenvalue weighted by Gasteiger charge is 2.21. The number of rotatable bonds is 4. The zero-order chi connectivity index (χ0) is 13.0. The molecule has 0 aliphatic heterocycles. The summed E-state index contributed by atoms with van der Waals surface area (Å²) in [4.78, 5) is 1.78. The second-order valence-corrected chi connectivity index (χ2v) is 4.08. The molecule has 0 saturated heterocycles. The Morgan fingerprint density at radius 1 is 1.29 bits per heavy atom. The Bertz CT molecular complexity index is 441. The predicted molar refractivity (Wildman–Crippen MR) is 66.6 cm³/mol. The molecule has 0 spiro atoms. The lowest BCUT2D eigenvalue weighted by atomic mass is 10.1. The third kappa shape index (κ3) is 2.63. The first-order valence-corrected chi connectivity index (χ1v) is 5.41. The summed E-state index contributed by atoms with van der Waals surface area (Å²) in [6.45, 7) is 0. The second-order valence-electron chi connectivity index (χ2n) is 3.70. The molecule has 0 aliphatic rings. The summed E-state index contributed by atoms with van der Waals surface area (Å²) in [5, 5.41) is 9.55. The van der Waals surface area contributed by atoms with Crippen LogP contribution >= 0.6 is 11.6 Å². The van der Waals surface area contributed by atoms with Crippen LogP contribution in [0.1, 0.15) is 11.6 Å². The molecule has 1 rings (SSSR count). The lowest BCUT2D eigenvalue weighted by Crippen LogP contribution is -2.18. The smallest absolute Gasteiger partial charge is 0.179 e. The first-order valence-electron chi connectivity index (χ1n) is 5.03. The van der Waals surface area contributed by atoms with Crippen LogP contribution in [0.25, 0.3) is 0 Å². The number of halogens is 1. The Hall–Kier alpha value is -1.44. The van der Waals surface area contributed by atoms with Gasteiger partial charge >= 0.3 is 0 Å². The van der Waals surface area contributed by atoms with Gasteiger partial charge in [-0.1, -0.05) is 17.7 Å². The third-order valence-electron chi connectivity index (χ3n) is 2.45. The molecule has 5 heteroatoms. The Kier molecular flexibility index (Phi) is 4.62. The van der Waals surface area contributed by atoms with Gasteiger partial charge in [-0.25, -0.2) is 0 Å². The van der Waals surface area contributed by atoms with E-state index in [1.54, 1.807) is 24.1 Å². The highest BCUT2D eigenvalue weighted by atomic mass is 35.5. The van der Waals surface area contributed by atoms with Gasteiger partial charge in [0, 0.05) is 5.56 Å². The van der Waals surface area contributed by atoms with E-state index >= 15 is 0 Å². The zero-order valence-electron chi connectivity index (χ0n) is 10.3. The van der Waals surface area contributed by atoms with E-state index in [0.29, 0.717) is 22.1 Å². The molecular formula is C12H15ClN2O2. The molecule has 0 heterocycles. The van der Waals surface area contributed by atoms with E-state index in [2.05, 4.69) is 6.07 Å². The van der Waals surface area contributed by atoms with E-state index in [9.17, 15) is 0 Å². The summed E-state index contributed by atoms with van der Waals surface area (Å²) in [5.41, 5.74) is 0.705. The van der Waals surface area contributed by atoms with Crippen molar-refractivity contribution in [1.29, 1.82) is 5.26 Å². The average molecular weight is 255 g/mol. The van der Waals surface area contributed by atoms with Crippen molar-refractivity contribution in [3.8, 4) is 17.6 Å². The lowest BCUT2D eigenvalue weighted by Gasteiger charge is -2.20. The van der Waals surface area contributed by atoms with Crippen molar-refractivity contribution < 1.29 is 9.47 Å². The van der Waals surface area contributed by atoms with Crippen molar-refractivity contribution in [2.75, 3.05) is 28.3 Å². The third-order valence-corrected chi connectivity index (χ3v) is 2.84. The minimum absolute atomic E-state index is 0.409. The first-order chi connectivity index (χ1) is 8.06. The van der Waals surface area contributed by atoms with Gasteiger partial charge in [-0.3, -0.25) is 4.90 Å². The van der Waals surface area contributed by atoms with Crippen molar-refractivity contribution in [2.24, 2.45) is 0 Å². The lowest BCUT2D eigenvalue weighted by molar-refractivity contribution is 0.344. The summed E-state index contributed by atoms with van der Waals surface area (Å²) in [7, 11) is 6.70. The van der Waals surface area contributed by atoms with Crippen LogP contribution in [0.4, 0.5) is 0 Å². The number of benzene rings is 1. The molecule has 0 fully saturated rings. The van der Waals surface area contributed by atoms with Crippen LogP contribution in [-0.4, -0.2) is 33.2 Å². The molecule has 0 aromatic heterocycles. The molecule has 0 radical (unpaired) electrons. The SMILES string of the molecule is COc1ccc(C(C#N)N(C)C)c(Cl)c1OC. The molecule has 0 aliphatic carbocycles. The van der Waals surface area contributed by atoms with Gasteiger partial charge in [0.1, 0.15) is 6.04 Å². The zero-order valence-corrected chi connectivity index (χ0v) is 11.1. The van der Waals surface area contributed by atoms with Gasteiger partial charge in [0.15, 0.2) is 11.5 Å². The highest BCUT2D eigenvalue weighted by Crippen LogP contribution is 2.40. The molecule has 1 unspecified atom stereocenters. The summed E-state index contributed by atoms with van der Waals surface area (Å²) in [6.07, 6.45) is 0. The minimum atomic E-state index is -0.415. The van der Waals surface area contributed by atoms with E-state index in [0.717, 1.165) is 0 Å². The molecule has 1 aromatic rings. The summed E-state index contributed by atoms with van der Waals surface area (Å²) >= 11 is 6.23. The van der Waals surface area contributed by atoms with Crippen molar-refractivity contribution >= 4 is 11.6 Å². The van der Waals surface area contributed by atoms with Crippen LogP contribution in [0.5, 0.6) is 11.5 Å². The quantitative estimate of drug-likeness (QED) is 0.828. The highest BCUT2D eigenvalue weighted by molar-refractivity contribution is 6.33. The number of nitriles is 1. The number of hydrogen-bond donors (Lipinski definition) is 0. The van der Waals surface area contributed by atoms with E-state index in [4.69, 9.17) is 26.3 Å². The largest absolute Gasteiger partial charge is 0.493 e. The summed E-state index contributed by atoms with van der Waals surface area (Å²) < 4.78 is 10.3. The van der Waals surface area contributed by atoms with Gasteiger partial charge in [-0.15, -0.1) is 0 Å². The topological polar surface area (TPSA) is 45.5 Å². The Morgan fingerprint density at radius 3 is 2.35 bits per heavy atom. The normalized spacial score (nSPS) is 12.1. The van der Waals surface area contributed by atoms with Crippen molar-refractivity contribution in [3.05, 3.63) is 22.7 Å². The number of nitrogens with zero attached hydrogens (tertiary/aromatic N) is 2. The van der Waals surface area contributed by atoms with Gasteiger partial charge in [0.2, 0.25) is 0 Å². The first kappa shape index (κ1) is 13.6.